The molecule has 0 aromatic heterocycles. The van der Waals surface area contributed by atoms with Gasteiger partial charge in [0.25, 0.3) is 5.91 Å². The SMILES string of the molecule is Cc1cc(F)ccc1-c1cc(F)cc(OCC(=O)N2CCCC2)c1. The zero-order valence-electron chi connectivity index (χ0n) is 13.5. The van der Waals surface area contributed by atoms with Crippen molar-refractivity contribution in [3.8, 4) is 16.9 Å². The maximum absolute atomic E-state index is 13.9. The van der Waals surface area contributed by atoms with E-state index in [2.05, 4.69) is 0 Å². The highest BCUT2D eigenvalue weighted by molar-refractivity contribution is 5.78. The summed E-state index contributed by atoms with van der Waals surface area (Å²) >= 11 is 0. The molecule has 2 aromatic rings. The Morgan fingerprint density at radius 1 is 1.08 bits per heavy atom. The Balaban J connectivity index is 1.77. The van der Waals surface area contributed by atoms with Crippen LogP contribution < -0.4 is 4.74 Å². The van der Waals surface area contributed by atoms with Gasteiger partial charge in [-0.1, -0.05) is 6.07 Å². The van der Waals surface area contributed by atoms with Gasteiger partial charge in [0.2, 0.25) is 0 Å². The summed E-state index contributed by atoms with van der Waals surface area (Å²) < 4.78 is 32.6. The molecule has 3 nitrogen and oxygen atoms in total. The largest absolute Gasteiger partial charge is 0.484 e. The van der Waals surface area contributed by atoms with E-state index < -0.39 is 5.82 Å². The molecule has 0 bridgehead atoms. The molecule has 1 aliphatic heterocycles. The number of nitrogens with zero attached hydrogens (tertiary/aromatic N) is 1. The van der Waals surface area contributed by atoms with Crippen LogP contribution in [-0.4, -0.2) is 30.5 Å². The molecule has 126 valence electrons. The summed E-state index contributed by atoms with van der Waals surface area (Å²) in [6.07, 6.45) is 2.03. The van der Waals surface area contributed by atoms with Crippen LogP contribution >= 0.6 is 0 Å². The zero-order chi connectivity index (χ0) is 17.1. The third-order valence-electron chi connectivity index (χ3n) is 4.19. The quantitative estimate of drug-likeness (QED) is 0.849. The first-order chi connectivity index (χ1) is 11.5. The third-order valence-corrected chi connectivity index (χ3v) is 4.19. The number of ether oxygens (including phenoxy) is 1. The van der Waals surface area contributed by atoms with Crippen LogP contribution in [0.1, 0.15) is 18.4 Å². The lowest BCUT2D eigenvalue weighted by molar-refractivity contribution is -0.132. The van der Waals surface area contributed by atoms with Gasteiger partial charge in [-0.3, -0.25) is 4.79 Å². The van der Waals surface area contributed by atoms with E-state index in [4.69, 9.17) is 4.74 Å². The first-order valence-electron chi connectivity index (χ1n) is 8.00. The first-order valence-corrected chi connectivity index (χ1v) is 8.00. The topological polar surface area (TPSA) is 29.5 Å². The number of halogens is 2. The fourth-order valence-electron chi connectivity index (χ4n) is 2.96. The maximum atomic E-state index is 13.9. The molecule has 3 rings (SSSR count). The molecule has 1 saturated heterocycles. The van der Waals surface area contributed by atoms with Crippen LogP contribution in [0.5, 0.6) is 5.75 Å². The summed E-state index contributed by atoms with van der Waals surface area (Å²) in [5, 5.41) is 0. The summed E-state index contributed by atoms with van der Waals surface area (Å²) in [6, 6.07) is 8.64. The Hall–Kier alpha value is -2.43. The molecule has 0 N–H and O–H groups in total. The minimum Gasteiger partial charge on any atom is -0.484 e. The average Bonchev–Trinajstić information content (AvgIpc) is 3.06. The molecule has 2 aromatic carbocycles. The van der Waals surface area contributed by atoms with Gasteiger partial charge in [0.1, 0.15) is 17.4 Å². The Bertz CT molecular complexity index is 755. The number of hydrogen-bond acceptors (Lipinski definition) is 2. The second-order valence-electron chi connectivity index (χ2n) is 6.01. The van der Waals surface area contributed by atoms with E-state index >= 15 is 0 Å². The molecule has 0 unspecified atom stereocenters. The van der Waals surface area contributed by atoms with Crippen molar-refractivity contribution in [2.75, 3.05) is 19.7 Å². The molecular formula is C19H19F2NO2. The number of carbonyl (C=O) groups is 1. The second-order valence-corrected chi connectivity index (χ2v) is 6.01. The maximum Gasteiger partial charge on any atom is 0.260 e. The smallest absolute Gasteiger partial charge is 0.260 e. The Morgan fingerprint density at radius 3 is 2.54 bits per heavy atom. The molecule has 5 heteroatoms. The van der Waals surface area contributed by atoms with Gasteiger partial charge < -0.3 is 9.64 Å². The Labute approximate surface area is 139 Å². The number of rotatable bonds is 4. The fraction of sp³-hybridized carbons (Fsp3) is 0.316. The number of benzene rings is 2. The zero-order valence-corrected chi connectivity index (χ0v) is 13.5. The molecule has 1 aliphatic rings. The van der Waals surface area contributed by atoms with Gasteiger partial charge in [0.15, 0.2) is 6.61 Å². The van der Waals surface area contributed by atoms with E-state index in [0.717, 1.165) is 31.5 Å². The van der Waals surface area contributed by atoms with E-state index in [9.17, 15) is 13.6 Å². The highest BCUT2D eigenvalue weighted by Crippen LogP contribution is 2.28. The highest BCUT2D eigenvalue weighted by Gasteiger charge is 2.18. The van der Waals surface area contributed by atoms with Crippen molar-refractivity contribution in [2.45, 2.75) is 19.8 Å². The Kier molecular flexibility index (Phi) is 4.79. The van der Waals surface area contributed by atoms with Gasteiger partial charge in [0, 0.05) is 19.2 Å². The predicted molar refractivity (Wildman–Crippen MR) is 87.8 cm³/mol. The molecule has 24 heavy (non-hydrogen) atoms. The van der Waals surface area contributed by atoms with Crippen LogP contribution in [0.15, 0.2) is 36.4 Å². The van der Waals surface area contributed by atoms with Crippen LogP contribution in [0.2, 0.25) is 0 Å². The standard InChI is InChI=1S/C19H19F2NO2/c1-13-8-15(20)4-5-18(13)14-9-16(21)11-17(10-14)24-12-19(23)22-6-2-3-7-22/h4-5,8-11H,2-3,6-7,12H2,1H3. The van der Waals surface area contributed by atoms with Gasteiger partial charge in [-0.15, -0.1) is 0 Å². The van der Waals surface area contributed by atoms with Crippen LogP contribution in [0.25, 0.3) is 11.1 Å². The fourth-order valence-corrected chi connectivity index (χ4v) is 2.96. The van der Waals surface area contributed by atoms with Crippen LogP contribution in [-0.2, 0) is 4.79 Å². The minimum atomic E-state index is -0.458. The highest BCUT2D eigenvalue weighted by atomic mass is 19.1. The van der Waals surface area contributed by atoms with Crippen LogP contribution in [0, 0.1) is 18.6 Å². The van der Waals surface area contributed by atoms with Crippen molar-refractivity contribution < 1.29 is 18.3 Å². The van der Waals surface area contributed by atoms with Gasteiger partial charge >= 0.3 is 0 Å². The number of likely N-dealkylation sites (tertiary alicyclic amines) is 1. The van der Waals surface area contributed by atoms with Crippen molar-refractivity contribution >= 4 is 5.91 Å². The van der Waals surface area contributed by atoms with E-state index in [1.54, 1.807) is 24.0 Å². The molecular weight excluding hydrogens is 312 g/mol. The van der Waals surface area contributed by atoms with Crippen LogP contribution in [0.3, 0.4) is 0 Å². The molecule has 1 fully saturated rings. The number of aryl methyl sites for hydroxylation is 1. The molecule has 1 amide bonds. The summed E-state index contributed by atoms with van der Waals surface area (Å²) in [4.78, 5) is 13.8. The van der Waals surface area contributed by atoms with E-state index in [0.29, 0.717) is 16.9 Å². The molecule has 0 radical (unpaired) electrons. The van der Waals surface area contributed by atoms with E-state index in [-0.39, 0.29) is 18.3 Å². The lowest BCUT2D eigenvalue weighted by Crippen LogP contribution is -2.32. The number of hydrogen-bond donors (Lipinski definition) is 0. The van der Waals surface area contributed by atoms with Gasteiger partial charge in [-0.2, -0.15) is 0 Å². The van der Waals surface area contributed by atoms with Crippen molar-refractivity contribution in [1.82, 2.24) is 4.90 Å². The Morgan fingerprint density at radius 2 is 1.83 bits per heavy atom. The molecule has 0 atom stereocenters. The summed E-state index contributed by atoms with van der Waals surface area (Å²) in [7, 11) is 0. The minimum absolute atomic E-state index is 0.0868. The van der Waals surface area contributed by atoms with E-state index in [1.807, 2.05) is 0 Å². The van der Waals surface area contributed by atoms with E-state index in [1.165, 1.54) is 24.3 Å². The molecule has 0 spiro atoms. The van der Waals surface area contributed by atoms with Crippen molar-refractivity contribution in [2.24, 2.45) is 0 Å². The summed E-state index contributed by atoms with van der Waals surface area (Å²) in [5.41, 5.74) is 2.03. The number of carbonyl (C=O) groups excluding carboxylic acids is 1. The van der Waals surface area contributed by atoms with Gasteiger partial charge in [-0.05, 0) is 60.7 Å². The molecule has 0 aliphatic carbocycles. The lowest BCUT2D eigenvalue weighted by Gasteiger charge is -2.16. The third kappa shape index (κ3) is 3.72. The summed E-state index contributed by atoms with van der Waals surface area (Å²) in [5.74, 6) is -0.585. The number of amides is 1. The van der Waals surface area contributed by atoms with Gasteiger partial charge in [-0.25, -0.2) is 8.78 Å². The lowest BCUT2D eigenvalue weighted by atomic mass is 10.0. The van der Waals surface area contributed by atoms with Crippen LogP contribution in [0.4, 0.5) is 8.78 Å². The van der Waals surface area contributed by atoms with Gasteiger partial charge in [0.05, 0.1) is 0 Å². The normalized spacial score (nSPS) is 14.0. The molecule has 1 heterocycles. The average molecular weight is 331 g/mol. The van der Waals surface area contributed by atoms with Crippen molar-refractivity contribution in [3.63, 3.8) is 0 Å². The predicted octanol–water partition coefficient (Wildman–Crippen LogP) is 3.94. The van der Waals surface area contributed by atoms with Crippen molar-refractivity contribution in [3.05, 3.63) is 53.6 Å². The summed E-state index contributed by atoms with van der Waals surface area (Å²) in [6.45, 7) is 3.17. The monoisotopic (exact) mass is 331 g/mol. The van der Waals surface area contributed by atoms with Crippen molar-refractivity contribution in [1.29, 1.82) is 0 Å². The molecule has 0 saturated carbocycles. The second kappa shape index (κ2) is 6.99. The first kappa shape index (κ1) is 16.4.